The molecule has 3 aromatic rings. The molecule has 0 atom stereocenters. The Kier molecular flexibility index (Phi) is 4.94. The van der Waals surface area contributed by atoms with Gasteiger partial charge in [-0.15, -0.1) is 0 Å². The molecule has 7 nitrogen and oxygen atoms in total. The number of nitrogens with zero attached hydrogens (tertiary/aromatic N) is 2. The van der Waals surface area contributed by atoms with E-state index in [4.69, 9.17) is 14.1 Å². The first-order valence-electron chi connectivity index (χ1n) is 7.73. The zero-order valence-electron chi connectivity index (χ0n) is 13.9. The minimum atomic E-state index is -0.361. The van der Waals surface area contributed by atoms with Gasteiger partial charge in [-0.1, -0.05) is 12.1 Å². The summed E-state index contributed by atoms with van der Waals surface area (Å²) in [6, 6.07) is 14.2. The Hall–Kier alpha value is -3.35. The largest absolute Gasteiger partial charge is 0.496 e. The van der Waals surface area contributed by atoms with Crippen LogP contribution in [0.3, 0.4) is 0 Å². The molecular formula is C18H17N3O4. The zero-order chi connectivity index (χ0) is 17.6. The highest BCUT2D eigenvalue weighted by atomic mass is 16.6. The van der Waals surface area contributed by atoms with Crippen molar-refractivity contribution in [2.75, 3.05) is 19.0 Å². The fraction of sp³-hybridized carbons (Fsp3) is 0.167. The van der Waals surface area contributed by atoms with Crippen molar-refractivity contribution >= 4 is 11.7 Å². The van der Waals surface area contributed by atoms with Crippen molar-refractivity contribution in [3.05, 3.63) is 54.1 Å². The Bertz CT molecular complexity index is 859. The van der Waals surface area contributed by atoms with E-state index in [9.17, 15) is 4.79 Å². The molecule has 0 bridgehead atoms. The van der Waals surface area contributed by atoms with Crippen LogP contribution in [0.2, 0.25) is 0 Å². The summed E-state index contributed by atoms with van der Waals surface area (Å²) in [5.74, 6) is 1.10. The molecule has 1 aromatic heterocycles. The lowest BCUT2D eigenvalue weighted by Gasteiger charge is -2.08. The van der Waals surface area contributed by atoms with E-state index in [1.807, 2.05) is 31.2 Å². The Labute approximate surface area is 144 Å². The summed E-state index contributed by atoms with van der Waals surface area (Å²) in [6.45, 7) is 2.51. The van der Waals surface area contributed by atoms with E-state index in [1.54, 1.807) is 24.3 Å². The molecule has 0 saturated heterocycles. The van der Waals surface area contributed by atoms with Crippen molar-refractivity contribution in [1.29, 1.82) is 0 Å². The van der Waals surface area contributed by atoms with Gasteiger partial charge in [0.1, 0.15) is 11.5 Å². The van der Waals surface area contributed by atoms with Crippen LogP contribution in [0.4, 0.5) is 5.82 Å². The third-order valence-electron chi connectivity index (χ3n) is 3.51. The van der Waals surface area contributed by atoms with Gasteiger partial charge in [-0.05, 0) is 53.6 Å². The van der Waals surface area contributed by atoms with Gasteiger partial charge in [0.25, 0.3) is 5.91 Å². The zero-order valence-corrected chi connectivity index (χ0v) is 13.9. The number of carbonyl (C=O) groups excluding carboxylic acids is 1. The monoisotopic (exact) mass is 339 g/mol. The van der Waals surface area contributed by atoms with Crippen LogP contribution in [0.25, 0.3) is 11.3 Å². The maximum atomic E-state index is 12.5. The number of aromatic nitrogens is 2. The molecule has 128 valence electrons. The number of para-hydroxylation sites is 1. The van der Waals surface area contributed by atoms with Crippen molar-refractivity contribution in [2.24, 2.45) is 0 Å². The average molecular weight is 339 g/mol. The highest BCUT2D eigenvalue weighted by molar-refractivity contribution is 6.07. The Morgan fingerprint density at radius 3 is 2.60 bits per heavy atom. The minimum Gasteiger partial charge on any atom is -0.496 e. The number of hydrogen-bond acceptors (Lipinski definition) is 6. The van der Waals surface area contributed by atoms with Crippen LogP contribution in [0.5, 0.6) is 11.5 Å². The van der Waals surface area contributed by atoms with Crippen molar-refractivity contribution in [3.8, 4) is 22.8 Å². The van der Waals surface area contributed by atoms with E-state index in [1.165, 1.54) is 7.11 Å². The van der Waals surface area contributed by atoms with E-state index in [2.05, 4.69) is 15.6 Å². The van der Waals surface area contributed by atoms with Gasteiger partial charge in [0.2, 0.25) is 5.82 Å². The number of anilines is 1. The van der Waals surface area contributed by atoms with E-state index in [0.717, 1.165) is 11.3 Å². The van der Waals surface area contributed by atoms with Gasteiger partial charge in [0.05, 0.1) is 19.3 Å². The van der Waals surface area contributed by atoms with Gasteiger partial charge in [-0.3, -0.25) is 4.79 Å². The first-order chi connectivity index (χ1) is 12.2. The lowest BCUT2D eigenvalue weighted by molar-refractivity contribution is 0.102. The fourth-order valence-electron chi connectivity index (χ4n) is 2.34. The third-order valence-corrected chi connectivity index (χ3v) is 3.51. The summed E-state index contributed by atoms with van der Waals surface area (Å²) in [4.78, 5) is 12.5. The van der Waals surface area contributed by atoms with Crippen LogP contribution >= 0.6 is 0 Å². The molecule has 0 aliphatic carbocycles. The van der Waals surface area contributed by atoms with Crippen molar-refractivity contribution < 1.29 is 18.9 Å². The maximum absolute atomic E-state index is 12.5. The van der Waals surface area contributed by atoms with Crippen molar-refractivity contribution in [2.45, 2.75) is 6.92 Å². The lowest BCUT2D eigenvalue weighted by Crippen LogP contribution is -2.14. The fourth-order valence-corrected chi connectivity index (χ4v) is 2.34. The number of rotatable bonds is 6. The molecule has 0 aliphatic rings. The molecule has 1 N–H and O–H groups in total. The van der Waals surface area contributed by atoms with E-state index in [0.29, 0.717) is 23.6 Å². The summed E-state index contributed by atoms with van der Waals surface area (Å²) < 4.78 is 15.4. The molecule has 0 spiro atoms. The summed E-state index contributed by atoms with van der Waals surface area (Å²) in [6.07, 6.45) is 0. The Balaban J connectivity index is 1.83. The molecule has 0 fully saturated rings. The van der Waals surface area contributed by atoms with Crippen LogP contribution < -0.4 is 14.8 Å². The number of methoxy groups -OCH3 is 1. The molecule has 2 aromatic carbocycles. The van der Waals surface area contributed by atoms with E-state index >= 15 is 0 Å². The third kappa shape index (κ3) is 3.60. The van der Waals surface area contributed by atoms with Crippen LogP contribution in [-0.2, 0) is 0 Å². The summed E-state index contributed by atoms with van der Waals surface area (Å²) in [5.41, 5.74) is 1.58. The van der Waals surface area contributed by atoms with Crippen LogP contribution in [0.1, 0.15) is 17.3 Å². The van der Waals surface area contributed by atoms with Gasteiger partial charge >= 0.3 is 0 Å². The first-order valence-corrected chi connectivity index (χ1v) is 7.73. The molecule has 0 aliphatic heterocycles. The molecule has 0 saturated carbocycles. The second kappa shape index (κ2) is 7.48. The number of nitrogens with one attached hydrogen (secondary N) is 1. The number of amides is 1. The quantitative estimate of drug-likeness (QED) is 0.741. The molecule has 7 heteroatoms. The second-order valence-corrected chi connectivity index (χ2v) is 5.07. The van der Waals surface area contributed by atoms with Crippen LogP contribution in [0.15, 0.2) is 53.2 Å². The average Bonchev–Trinajstić information content (AvgIpc) is 3.10. The van der Waals surface area contributed by atoms with E-state index < -0.39 is 0 Å². The SMILES string of the molecule is CCOc1ccc(-c2nonc2NC(=O)c2ccccc2OC)cc1. The summed E-state index contributed by atoms with van der Waals surface area (Å²) >= 11 is 0. The van der Waals surface area contributed by atoms with Gasteiger partial charge in [0.15, 0.2) is 5.69 Å². The van der Waals surface area contributed by atoms with Crippen molar-refractivity contribution in [3.63, 3.8) is 0 Å². The van der Waals surface area contributed by atoms with Gasteiger partial charge in [-0.2, -0.15) is 0 Å². The van der Waals surface area contributed by atoms with Crippen molar-refractivity contribution in [1.82, 2.24) is 10.3 Å². The van der Waals surface area contributed by atoms with Crippen LogP contribution in [-0.4, -0.2) is 29.9 Å². The van der Waals surface area contributed by atoms with Crippen LogP contribution in [0, 0.1) is 0 Å². The molecule has 1 amide bonds. The maximum Gasteiger partial charge on any atom is 0.260 e. The molecule has 3 rings (SSSR count). The number of benzene rings is 2. The lowest BCUT2D eigenvalue weighted by atomic mass is 10.1. The smallest absolute Gasteiger partial charge is 0.260 e. The standard InChI is InChI=1S/C18H17N3O4/c1-3-24-13-10-8-12(9-11-13)16-17(21-25-20-16)19-18(22)14-6-4-5-7-15(14)23-2/h4-11H,3H2,1-2H3,(H,19,21,22). The van der Waals surface area contributed by atoms with Gasteiger partial charge in [0, 0.05) is 5.56 Å². The normalized spacial score (nSPS) is 10.3. The predicted molar refractivity (Wildman–Crippen MR) is 91.9 cm³/mol. The summed E-state index contributed by atoms with van der Waals surface area (Å²) in [7, 11) is 1.51. The first kappa shape index (κ1) is 16.5. The highest BCUT2D eigenvalue weighted by Crippen LogP contribution is 2.27. The van der Waals surface area contributed by atoms with Gasteiger partial charge in [-0.25, -0.2) is 4.63 Å². The topological polar surface area (TPSA) is 86.5 Å². The number of hydrogen-bond donors (Lipinski definition) is 1. The predicted octanol–water partition coefficient (Wildman–Crippen LogP) is 3.40. The molecule has 0 unspecified atom stereocenters. The number of carbonyl (C=O) groups is 1. The Morgan fingerprint density at radius 2 is 1.88 bits per heavy atom. The number of ether oxygens (including phenoxy) is 2. The molecule has 1 heterocycles. The highest BCUT2D eigenvalue weighted by Gasteiger charge is 2.18. The molecular weight excluding hydrogens is 322 g/mol. The minimum absolute atomic E-state index is 0.236. The molecule has 0 radical (unpaired) electrons. The second-order valence-electron chi connectivity index (χ2n) is 5.07. The van der Waals surface area contributed by atoms with Gasteiger partial charge < -0.3 is 14.8 Å². The van der Waals surface area contributed by atoms with E-state index in [-0.39, 0.29) is 11.7 Å². The summed E-state index contributed by atoms with van der Waals surface area (Å²) in [5, 5.41) is 10.4. The molecule has 25 heavy (non-hydrogen) atoms. The Morgan fingerprint density at radius 1 is 1.12 bits per heavy atom.